The molecule has 2 rings (SSSR count). The van der Waals surface area contributed by atoms with Crippen molar-refractivity contribution in [3.63, 3.8) is 0 Å². The molecule has 0 atom stereocenters. The first-order valence-electron chi connectivity index (χ1n) is 6.16. The third-order valence-corrected chi connectivity index (χ3v) is 2.91. The van der Waals surface area contributed by atoms with E-state index in [0.717, 1.165) is 35.0 Å². The highest BCUT2D eigenvalue weighted by Crippen LogP contribution is 2.24. The van der Waals surface area contributed by atoms with E-state index < -0.39 is 0 Å². The van der Waals surface area contributed by atoms with E-state index in [1.54, 1.807) is 4.68 Å². The second-order valence-electron chi connectivity index (χ2n) is 4.39. The Labute approximate surface area is 112 Å². The van der Waals surface area contributed by atoms with E-state index in [-0.39, 0.29) is 0 Å². The van der Waals surface area contributed by atoms with E-state index in [0.29, 0.717) is 5.82 Å². The molecule has 0 unspecified atom stereocenters. The second kappa shape index (κ2) is 5.23. The van der Waals surface area contributed by atoms with Gasteiger partial charge in [0.25, 0.3) is 0 Å². The molecule has 0 aliphatic heterocycles. The number of anilines is 3. The van der Waals surface area contributed by atoms with E-state index in [4.69, 9.17) is 5.84 Å². The molecule has 0 spiro atoms. The molecule has 19 heavy (non-hydrogen) atoms. The van der Waals surface area contributed by atoms with Crippen molar-refractivity contribution in [2.45, 2.75) is 27.2 Å². The number of hydrogen-bond acceptors (Lipinski definition) is 6. The molecule has 0 saturated heterocycles. The summed E-state index contributed by atoms with van der Waals surface area (Å²) in [5.41, 5.74) is 5.32. The van der Waals surface area contributed by atoms with E-state index in [1.807, 2.05) is 34.0 Å². The Morgan fingerprint density at radius 3 is 2.47 bits per heavy atom. The summed E-state index contributed by atoms with van der Waals surface area (Å²) in [6, 6.07) is 0. The molecule has 0 aliphatic carbocycles. The van der Waals surface area contributed by atoms with Crippen molar-refractivity contribution in [3.8, 4) is 0 Å². The molecule has 0 aromatic carbocycles. The zero-order chi connectivity index (χ0) is 14.0. The van der Waals surface area contributed by atoms with Gasteiger partial charge in [0, 0.05) is 25.2 Å². The van der Waals surface area contributed by atoms with Gasteiger partial charge in [0.05, 0.1) is 11.4 Å². The molecule has 0 aliphatic rings. The molecule has 7 heteroatoms. The van der Waals surface area contributed by atoms with Gasteiger partial charge in [0.2, 0.25) is 0 Å². The smallest absolute Gasteiger partial charge is 0.148 e. The maximum Gasteiger partial charge on any atom is 0.148 e. The van der Waals surface area contributed by atoms with Crippen molar-refractivity contribution in [2.24, 2.45) is 12.9 Å². The first kappa shape index (κ1) is 13.3. The summed E-state index contributed by atoms with van der Waals surface area (Å²) < 4.78 is 1.76. The molecule has 0 bridgehead atoms. The minimum atomic E-state index is 0.635. The van der Waals surface area contributed by atoms with Gasteiger partial charge < -0.3 is 10.7 Å². The summed E-state index contributed by atoms with van der Waals surface area (Å²) in [4.78, 5) is 8.82. The zero-order valence-corrected chi connectivity index (χ0v) is 11.7. The first-order valence-corrected chi connectivity index (χ1v) is 6.16. The van der Waals surface area contributed by atoms with Gasteiger partial charge in [-0.15, -0.1) is 0 Å². The number of rotatable bonds is 4. The maximum absolute atomic E-state index is 5.49. The molecular formula is C12H19N7. The molecule has 0 amide bonds. The van der Waals surface area contributed by atoms with Gasteiger partial charge in [-0.2, -0.15) is 5.10 Å². The van der Waals surface area contributed by atoms with Crippen molar-refractivity contribution in [1.82, 2.24) is 19.7 Å². The van der Waals surface area contributed by atoms with Crippen LogP contribution in [-0.4, -0.2) is 19.7 Å². The van der Waals surface area contributed by atoms with Crippen molar-refractivity contribution in [2.75, 3.05) is 10.7 Å². The van der Waals surface area contributed by atoms with Gasteiger partial charge in [-0.25, -0.2) is 15.8 Å². The van der Waals surface area contributed by atoms with Gasteiger partial charge in [-0.05, 0) is 13.8 Å². The van der Waals surface area contributed by atoms with Crippen LogP contribution in [0.1, 0.15) is 24.0 Å². The third-order valence-electron chi connectivity index (χ3n) is 2.91. The standard InChI is InChI=1S/C12H19N7/c1-5-10-15-11(7(2)12(16-10)17-13)14-9-6-19(4)18-8(9)3/h6H,5,13H2,1-4H3,(H2,14,15,16,17). The van der Waals surface area contributed by atoms with Crippen LogP contribution in [-0.2, 0) is 13.5 Å². The first-order chi connectivity index (χ1) is 9.05. The third kappa shape index (κ3) is 2.65. The van der Waals surface area contributed by atoms with Crippen molar-refractivity contribution in [1.29, 1.82) is 0 Å². The molecule has 7 nitrogen and oxygen atoms in total. The molecule has 4 N–H and O–H groups in total. The highest BCUT2D eigenvalue weighted by Gasteiger charge is 2.11. The maximum atomic E-state index is 5.49. The fourth-order valence-electron chi connectivity index (χ4n) is 1.83. The predicted molar refractivity (Wildman–Crippen MR) is 75.2 cm³/mol. The van der Waals surface area contributed by atoms with Crippen LogP contribution in [0.15, 0.2) is 6.20 Å². The molecule has 102 valence electrons. The Morgan fingerprint density at radius 2 is 1.95 bits per heavy atom. The number of nitrogens with zero attached hydrogens (tertiary/aromatic N) is 4. The number of hydrazine groups is 1. The van der Waals surface area contributed by atoms with E-state index in [2.05, 4.69) is 25.8 Å². The van der Waals surface area contributed by atoms with Crippen LogP contribution in [0.3, 0.4) is 0 Å². The fraction of sp³-hybridized carbons (Fsp3) is 0.417. The molecule has 0 fully saturated rings. The topological polar surface area (TPSA) is 93.7 Å². The number of aryl methyl sites for hydroxylation is 3. The quantitative estimate of drug-likeness (QED) is 0.569. The number of nitrogens with one attached hydrogen (secondary N) is 2. The fourth-order valence-corrected chi connectivity index (χ4v) is 1.83. The highest BCUT2D eigenvalue weighted by atomic mass is 15.3. The minimum Gasteiger partial charge on any atom is -0.337 e. The second-order valence-corrected chi connectivity index (χ2v) is 4.39. The Bertz CT molecular complexity index is 588. The Balaban J connectivity index is 2.41. The summed E-state index contributed by atoms with van der Waals surface area (Å²) in [7, 11) is 1.88. The summed E-state index contributed by atoms with van der Waals surface area (Å²) >= 11 is 0. The van der Waals surface area contributed by atoms with Crippen LogP contribution in [0.5, 0.6) is 0 Å². The summed E-state index contributed by atoms with van der Waals surface area (Å²) in [6.45, 7) is 5.87. The van der Waals surface area contributed by atoms with Crippen LogP contribution < -0.4 is 16.6 Å². The summed E-state index contributed by atoms with van der Waals surface area (Å²) in [6.07, 6.45) is 2.66. The average molecular weight is 261 g/mol. The Kier molecular flexibility index (Phi) is 3.66. The molecule has 0 radical (unpaired) electrons. The van der Waals surface area contributed by atoms with Crippen LogP contribution in [0.2, 0.25) is 0 Å². The lowest BCUT2D eigenvalue weighted by Crippen LogP contribution is -2.13. The van der Waals surface area contributed by atoms with E-state index in [9.17, 15) is 0 Å². The molecule has 2 heterocycles. The van der Waals surface area contributed by atoms with E-state index >= 15 is 0 Å². The Morgan fingerprint density at radius 1 is 1.26 bits per heavy atom. The van der Waals surface area contributed by atoms with Crippen molar-refractivity contribution < 1.29 is 0 Å². The van der Waals surface area contributed by atoms with Crippen LogP contribution >= 0.6 is 0 Å². The largest absolute Gasteiger partial charge is 0.337 e. The van der Waals surface area contributed by atoms with Gasteiger partial charge in [-0.3, -0.25) is 4.68 Å². The Hall–Kier alpha value is -2.15. The highest BCUT2D eigenvalue weighted by molar-refractivity contribution is 5.65. The lowest BCUT2D eigenvalue weighted by Gasteiger charge is -2.12. The van der Waals surface area contributed by atoms with Crippen molar-refractivity contribution >= 4 is 17.3 Å². The minimum absolute atomic E-state index is 0.635. The number of hydrogen-bond donors (Lipinski definition) is 3. The van der Waals surface area contributed by atoms with E-state index in [1.165, 1.54) is 0 Å². The lowest BCUT2D eigenvalue weighted by atomic mass is 10.2. The van der Waals surface area contributed by atoms with Crippen LogP contribution in [0, 0.1) is 13.8 Å². The average Bonchev–Trinajstić information content (AvgIpc) is 2.70. The van der Waals surface area contributed by atoms with Gasteiger partial charge in [0.1, 0.15) is 17.5 Å². The SMILES string of the molecule is CCc1nc(NN)c(C)c(Nc2cn(C)nc2C)n1. The molecule has 2 aromatic rings. The molecular weight excluding hydrogens is 242 g/mol. The number of nitrogens with two attached hydrogens (primary N) is 1. The molecule has 2 aromatic heterocycles. The predicted octanol–water partition coefficient (Wildman–Crippen LogP) is 1.42. The lowest BCUT2D eigenvalue weighted by molar-refractivity contribution is 0.756. The zero-order valence-electron chi connectivity index (χ0n) is 11.7. The van der Waals surface area contributed by atoms with Gasteiger partial charge >= 0.3 is 0 Å². The van der Waals surface area contributed by atoms with Crippen LogP contribution in [0.4, 0.5) is 17.3 Å². The van der Waals surface area contributed by atoms with Crippen LogP contribution in [0.25, 0.3) is 0 Å². The summed E-state index contributed by atoms with van der Waals surface area (Å²) in [5.74, 6) is 7.61. The summed E-state index contributed by atoms with van der Waals surface area (Å²) in [5, 5.41) is 7.57. The number of nitrogen functional groups attached to an aromatic ring is 1. The monoisotopic (exact) mass is 261 g/mol. The number of aromatic nitrogens is 4. The van der Waals surface area contributed by atoms with Crippen molar-refractivity contribution in [3.05, 3.63) is 23.3 Å². The molecule has 0 saturated carbocycles. The van der Waals surface area contributed by atoms with Gasteiger partial charge in [0.15, 0.2) is 0 Å². The normalized spacial score (nSPS) is 10.6. The van der Waals surface area contributed by atoms with Gasteiger partial charge in [-0.1, -0.05) is 6.92 Å².